The average Bonchev–Trinajstić information content (AvgIpc) is 2.86. The zero-order chi connectivity index (χ0) is 19.5. The Morgan fingerprint density at radius 3 is 2.50 bits per heavy atom. The molecular formula is C21H23N5O2. The van der Waals surface area contributed by atoms with Gasteiger partial charge in [-0.1, -0.05) is 42.5 Å². The molecule has 0 aliphatic carbocycles. The molecule has 1 atom stereocenters. The molecule has 1 aliphatic rings. The fourth-order valence-corrected chi connectivity index (χ4v) is 3.57. The molecule has 0 fully saturated rings. The predicted molar refractivity (Wildman–Crippen MR) is 108 cm³/mol. The second kappa shape index (κ2) is 7.72. The van der Waals surface area contributed by atoms with E-state index in [1.54, 1.807) is 11.6 Å². The van der Waals surface area contributed by atoms with Crippen LogP contribution in [0.3, 0.4) is 0 Å². The molecule has 2 amide bonds. The van der Waals surface area contributed by atoms with E-state index in [1.807, 2.05) is 42.5 Å². The molecule has 7 heteroatoms. The Morgan fingerprint density at radius 1 is 1.04 bits per heavy atom. The molecule has 0 saturated carbocycles. The van der Waals surface area contributed by atoms with Gasteiger partial charge in [0.15, 0.2) is 0 Å². The molecule has 1 aromatic heterocycles. The molecule has 0 radical (unpaired) electrons. The largest absolute Gasteiger partial charge is 0.345 e. The van der Waals surface area contributed by atoms with Gasteiger partial charge < -0.3 is 10.6 Å². The van der Waals surface area contributed by atoms with E-state index < -0.39 is 0 Å². The second-order valence-corrected chi connectivity index (χ2v) is 7.04. The number of hydrogen-bond acceptors (Lipinski definition) is 3. The van der Waals surface area contributed by atoms with Crippen LogP contribution in [0.1, 0.15) is 18.7 Å². The summed E-state index contributed by atoms with van der Waals surface area (Å²) < 4.78 is 3.07. The summed E-state index contributed by atoms with van der Waals surface area (Å²) in [5.41, 5.74) is 2.89. The molecule has 144 valence electrons. The molecule has 4 rings (SSSR count). The van der Waals surface area contributed by atoms with Crippen LogP contribution in [0.2, 0.25) is 0 Å². The minimum atomic E-state index is -0.232. The van der Waals surface area contributed by atoms with Crippen LogP contribution in [-0.4, -0.2) is 26.4 Å². The summed E-state index contributed by atoms with van der Waals surface area (Å²) in [4.78, 5) is 24.4. The Morgan fingerprint density at radius 2 is 1.75 bits per heavy atom. The van der Waals surface area contributed by atoms with Crippen LogP contribution in [0.5, 0.6) is 0 Å². The first-order chi connectivity index (χ1) is 13.6. The van der Waals surface area contributed by atoms with Crippen LogP contribution in [-0.2, 0) is 20.0 Å². The van der Waals surface area contributed by atoms with Crippen molar-refractivity contribution in [1.82, 2.24) is 19.7 Å². The number of amides is 2. The number of anilines is 1. The zero-order valence-electron chi connectivity index (χ0n) is 15.8. The fourth-order valence-electron chi connectivity index (χ4n) is 3.57. The van der Waals surface area contributed by atoms with Crippen molar-refractivity contribution in [2.45, 2.75) is 31.8 Å². The number of rotatable bonds is 3. The number of fused-ring (bicyclic) bond motifs is 1. The van der Waals surface area contributed by atoms with E-state index in [1.165, 1.54) is 4.68 Å². The summed E-state index contributed by atoms with van der Waals surface area (Å²) in [6.45, 7) is 0.568. The van der Waals surface area contributed by atoms with Crippen molar-refractivity contribution in [3.8, 4) is 11.1 Å². The number of nitrogens with one attached hydrogen (secondary N) is 2. The number of nitrogens with zero attached hydrogens (tertiary/aromatic N) is 3. The Kier molecular flexibility index (Phi) is 4.97. The lowest BCUT2D eigenvalue weighted by Gasteiger charge is -2.16. The van der Waals surface area contributed by atoms with Gasteiger partial charge >= 0.3 is 11.7 Å². The molecule has 1 aliphatic heterocycles. The van der Waals surface area contributed by atoms with Gasteiger partial charge in [0.1, 0.15) is 5.82 Å². The number of carbonyl (C=O) groups is 1. The Balaban J connectivity index is 1.34. The molecule has 3 aromatic rings. The molecular weight excluding hydrogens is 354 g/mol. The van der Waals surface area contributed by atoms with Crippen molar-refractivity contribution in [3.63, 3.8) is 0 Å². The standard InChI is InChI=1S/C21H23N5O2/c1-25-21(28)26-14-13-18(11-12-19(26)24-25)23-20(27)22-17-9-7-16(8-10-17)15-5-3-2-4-6-15/h2-10,18H,11-14H2,1H3,(H2,22,23,27). The van der Waals surface area contributed by atoms with Crippen LogP contribution in [0.4, 0.5) is 10.5 Å². The van der Waals surface area contributed by atoms with E-state index in [0.29, 0.717) is 19.4 Å². The van der Waals surface area contributed by atoms with Crippen molar-refractivity contribution in [3.05, 3.63) is 70.9 Å². The third-order valence-electron chi connectivity index (χ3n) is 5.09. The number of benzene rings is 2. The third kappa shape index (κ3) is 3.83. The minimum absolute atomic E-state index is 0.00926. The molecule has 0 spiro atoms. The fraction of sp³-hybridized carbons (Fsp3) is 0.286. The highest BCUT2D eigenvalue weighted by molar-refractivity contribution is 5.89. The minimum Gasteiger partial charge on any atom is -0.335 e. The summed E-state index contributed by atoms with van der Waals surface area (Å²) in [5, 5.41) is 10.2. The predicted octanol–water partition coefficient (Wildman–Crippen LogP) is 2.78. The van der Waals surface area contributed by atoms with Gasteiger partial charge in [-0.3, -0.25) is 4.57 Å². The van der Waals surface area contributed by atoms with E-state index in [-0.39, 0.29) is 17.8 Å². The number of aryl methyl sites for hydroxylation is 2. The molecule has 1 unspecified atom stereocenters. The summed E-state index contributed by atoms with van der Waals surface area (Å²) in [7, 11) is 1.66. The van der Waals surface area contributed by atoms with Gasteiger partial charge in [0.2, 0.25) is 0 Å². The van der Waals surface area contributed by atoms with Gasteiger partial charge in [-0.25, -0.2) is 14.3 Å². The van der Waals surface area contributed by atoms with E-state index in [0.717, 1.165) is 29.1 Å². The Labute approximate surface area is 163 Å². The van der Waals surface area contributed by atoms with Crippen molar-refractivity contribution >= 4 is 11.7 Å². The maximum atomic E-state index is 12.4. The van der Waals surface area contributed by atoms with Crippen LogP contribution >= 0.6 is 0 Å². The quantitative estimate of drug-likeness (QED) is 0.736. The summed E-state index contributed by atoms with van der Waals surface area (Å²) >= 11 is 0. The number of aromatic nitrogens is 3. The van der Waals surface area contributed by atoms with E-state index in [9.17, 15) is 9.59 Å². The van der Waals surface area contributed by atoms with E-state index in [2.05, 4.69) is 27.9 Å². The van der Waals surface area contributed by atoms with Crippen LogP contribution in [0.25, 0.3) is 11.1 Å². The maximum Gasteiger partial charge on any atom is 0.345 e. The van der Waals surface area contributed by atoms with Crippen molar-refractivity contribution in [1.29, 1.82) is 0 Å². The Bertz CT molecular complexity index is 1020. The highest BCUT2D eigenvalue weighted by atomic mass is 16.2. The highest BCUT2D eigenvalue weighted by Gasteiger charge is 2.21. The van der Waals surface area contributed by atoms with E-state index in [4.69, 9.17) is 0 Å². The number of urea groups is 1. The lowest BCUT2D eigenvalue weighted by atomic mass is 10.1. The van der Waals surface area contributed by atoms with Crippen molar-refractivity contribution in [2.24, 2.45) is 7.05 Å². The average molecular weight is 377 g/mol. The van der Waals surface area contributed by atoms with Gasteiger partial charge in [-0.15, -0.1) is 0 Å². The summed E-state index contributed by atoms with van der Waals surface area (Å²) in [6.07, 6.45) is 2.14. The molecule has 0 bridgehead atoms. The Hall–Kier alpha value is -3.35. The summed E-state index contributed by atoms with van der Waals surface area (Å²) in [6, 6.07) is 17.7. The van der Waals surface area contributed by atoms with Crippen molar-refractivity contribution < 1.29 is 4.79 Å². The van der Waals surface area contributed by atoms with Crippen LogP contribution < -0.4 is 16.3 Å². The maximum absolute atomic E-state index is 12.4. The lowest BCUT2D eigenvalue weighted by Crippen LogP contribution is -2.38. The van der Waals surface area contributed by atoms with Gasteiger partial charge in [0.25, 0.3) is 0 Å². The second-order valence-electron chi connectivity index (χ2n) is 7.04. The first kappa shape index (κ1) is 18.0. The first-order valence-electron chi connectivity index (χ1n) is 9.46. The first-order valence-corrected chi connectivity index (χ1v) is 9.46. The number of carbonyl (C=O) groups excluding carboxylic acids is 1. The van der Waals surface area contributed by atoms with Gasteiger partial charge in [-0.05, 0) is 36.1 Å². The molecule has 2 aromatic carbocycles. The lowest BCUT2D eigenvalue weighted by molar-refractivity contribution is 0.247. The van der Waals surface area contributed by atoms with Crippen LogP contribution in [0, 0.1) is 0 Å². The SMILES string of the molecule is Cn1nc2n(c1=O)CCC(NC(=O)Nc1ccc(-c3ccccc3)cc1)CC2. The molecule has 0 saturated heterocycles. The van der Waals surface area contributed by atoms with Gasteiger partial charge in [0.05, 0.1) is 0 Å². The smallest absolute Gasteiger partial charge is 0.335 e. The monoisotopic (exact) mass is 377 g/mol. The van der Waals surface area contributed by atoms with E-state index >= 15 is 0 Å². The molecule has 7 nitrogen and oxygen atoms in total. The normalized spacial score (nSPS) is 16.1. The molecule has 28 heavy (non-hydrogen) atoms. The van der Waals surface area contributed by atoms with Gasteiger partial charge in [0, 0.05) is 31.7 Å². The third-order valence-corrected chi connectivity index (χ3v) is 5.09. The summed E-state index contributed by atoms with van der Waals surface area (Å²) in [5.74, 6) is 0.786. The number of hydrogen-bond donors (Lipinski definition) is 2. The zero-order valence-corrected chi connectivity index (χ0v) is 15.8. The van der Waals surface area contributed by atoms with Crippen LogP contribution in [0.15, 0.2) is 59.4 Å². The van der Waals surface area contributed by atoms with Gasteiger partial charge in [-0.2, -0.15) is 5.10 Å². The molecule has 2 heterocycles. The highest BCUT2D eigenvalue weighted by Crippen LogP contribution is 2.21. The van der Waals surface area contributed by atoms with Crippen molar-refractivity contribution in [2.75, 3.05) is 5.32 Å². The topological polar surface area (TPSA) is 81.0 Å². The molecule has 2 N–H and O–H groups in total.